The first-order chi connectivity index (χ1) is 9.19. The Morgan fingerprint density at radius 2 is 2.00 bits per heavy atom. The van der Waals surface area contributed by atoms with Gasteiger partial charge in [0.25, 0.3) is 0 Å². The van der Waals surface area contributed by atoms with Crippen molar-refractivity contribution in [3.63, 3.8) is 0 Å². The zero-order valence-corrected chi connectivity index (χ0v) is 10.6. The summed E-state index contributed by atoms with van der Waals surface area (Å²) in [5.74, 6) is 0.369. The number of para-hydroxylation sites is 1. The predicted molar refractivity (Wildman–Crippen MR) is 74.2 cm³/mol. The van der Waals surface area contributed by atoms with Crippen LogP contribution in [0.15, 0.2) is 46.9 Å². The lowest BCUT2D eigenvalue weighted by molar-refractivity contribution is 0.615. The molecule has 0 aliphatic carbocycles. The summed E-state index contributed by atoms with van der Waals surface area (Å²) in [5.41, 5.74) is 9.19. The maximum atomic E-state index is 13.4. The van der Waals surface area contributed by atoms with Crippen LogP contribution in [0.5, 0.6) is 0 Å². The van der Waals surface area contributed by atoms with Crippen molar-refractivity contribution >= 4 is 11.0 Å². The highest BCUT2D eigenvalue weighted by molar-refractivity contribution is 5.85. The number of hydrogen-bond acceptors (Lipinski definition) is 2. The lowest BCUT2D eigenvalue weighted by Gasteiger charge is -2.04. The molecule has 1 aromatic heterocycles. The van der Waals surface area contributed by atoms with E-state index in [9.17, 15) is 4.39 Å². The largest absolute Gasteiger partial charge is 0.456 e. The highest BCUT2D eigenvalue weighted by Crippen LogP contribution is 2.31. The molecule has 0 aliphatic heterocycles. The molecule has 2 N–H and O–H groups in total. The van der Waals surface area contributed by atoms with Crippen molar-refractivity contribution in [1.82, 2.24) is 0 Å². The minimum Gasteiger partial charge on any atom is -0.456 e. The third-order valence-corrected chi connectivity index (χ3v) is 3.30. The van der Waals surface area contributed by atoms with Gasteiger partial charge < -0.3 is 10.2 Å². The van der Waals surface area contributed by atoms with Crippen molar-refractivity contribution in [2.24, 2.45) is 5.73 Å². The van der Waals surface area contributed by atoms with Crippen molar-refractivity contribution in [1.29, 1.82) is 0 Å². The average molecular weight is 255 g/mol. The Morgan fingerprint density at radius 1 is 1.16 bits per heavy atom. The second-order valence-electron chi connectivity index (χ2n) is 4.61. The lowest BCUT2D eigenvalue weighted by atomic mass is 10.0. The zero-order chi connectivity index (χ0) is 13.4. The van der Waals surface area contributed by atoms with Crippen molar-refractivity contribution in [2.75, 3.05) is 0 Å². The van der Waals surface area contributed by atoms with Gasteiger partial charge in [-0.1, -0.05) is 24.3 Å². The van der Waals surface area contributed by atoms with Crippen LogP contribution < -0.4 is 5.73 Å². The van der Waals surface area contributed by atoms with E-state index in [0.717, 1.165) is 27.7 Å². The molecule has 0 unspecified atom stereocenters. The van der Waals surface area contributed by atoms with Gasteiger partial charge >= 0.3 is 0 Å². The number of nitrogens with two attached hydrogens (primary N) is 1. The van der Waals surface area contributed by atoms with Gasteiger partial charge in [0.1, 0.15) is 17.2 Å². The molecule has 3 aromatic rings. The van der Waals surface area contributed by atoms with Crippen LogP contribution in [-0.2, 0) is 6.54 Å². The number of halogens is 1. The second kappa shape index (κ2) is 4.52. The number of hydrogen-bond donors (Lipinski definition) is 1. The van der Waals surface area contributed by atoms with Crippen LogP contribution in [0, 0.1) is 12.7 Å². The summed E-state index contributed by atoms with van der Waals surface area (Å²) in [6.45, 7) is 2.34. The predicted octanol–water partition coefficient (Wildman–Crippen LogP) is 4.01. The standard InChI is InChI=1S/C16H14FNO/c1-10-3-2-4-11-7-15(19-16(10)11)14-8-13(17)6-5-12(14)9-18/h2-8H,9,18H2,1H3. The Bertz CT molecular complexity index is 746. The number of fused-ring (bicyclic) bond motifs is 1. The first-order valence-corrected chi connectivity index (χ1v) is 6.17. The summed E-state index contributed by atoms with van der Waals surface area (Å²) < 4.78 is 19.3. The summed E-state index contributed by atoms with van der Waals surface area (Å²) >= 11 is 0. The van der Waals surface area contributed by atoms with Crippen LogP contribution >= 0.6 is 0 Å². The number of furan rings is 1. The monoisotopic (exact) mass is 255 g/mol. The highest BCUT2D eigenvalue weighted by Gasteiger charge is 2.12. The summed E-state index contributed by atoms with van der Waals surface area (Å²) in [7, 11) is 0. The van der Waals surface area contributed by atoms with Crippen molar-refractivity contribution in [3.8, 4) is 11.3 Å². The molecule has 0 bridgehead atoms. The summed E-state index contributed by atoms with van der Waals surface area (Å²) in [4.78, 5) is 0. The van der Waals surface area contributed by atoms with E-state index in [1.54, 1.807) is 6.07 Å². The fourth-order valence-electron chi connectivity index (χ4n) is 2.30. The average Bonchev–Trinajstić information content (AvgIpc) is 2.84. The summed E-state index contributed by atoms with van der Waals surface area (Å²) in [6.07, 6.45) is 0. The van der Waals surface area contributed by atoms with E-state index in [1.807, 2.05) is 31.2 Å². The quantitative estimate of drug-likeness (QED) is 0.751. The molecule has 0 saturated carbocycles. The van der Waals surface area contributed by atoms with Gasteiger partial charge in [-0.05, 0) is 36.2 Å². The Kier molecular flexibility index (Phi) is 2.84. The van der Waals surface area contributed by atoms with E-state index in [0.29, 0.717) is 12.3 Å². The third kappa shape index (κ3) is 2.02. The molecule has 3 rings (SSSR count). The van der Waals surface area contributed by atoms with Gasteiger partial charge in [0.2, 0.25) is 0 Å². The van der Waals surface area contributed by atoms with Crippen LogP contribution in [0.25, 0.3) is 22.3 Å². The molecule has 0 atom stereocenters. The van der Waals surface area contributed by atoms with Crippen LogP contribution in [-0.4, -0.2) is 0 Å². The first-order valence-electron chi connectivity index (χ1n) is 6.17. The Morgan fingerprint density at radius 3 is 2.74 bits per heavy atom. The minimum absolute atomic E-state index is 0.288. The molecule has 0 saturated heterocycles. The van der Waals surface area contributed by atoms with E-state index in [2.05, 4.69) is 0 Å². The molecule has 3 heteroatoms. The second-order valence-corrected chi connectivity index (χ2v) is 4.61. The van der Waals surface area contributed by atoms with E-state index >= 15 is 0 Å². The van der Waals surface area contributed by atoms with Gasteiger partial charge in [0.15, 0.2) is 0 Å². The smallest absolute Gasteiger partial charge is 0.137 e. The van der Waals surface area contributed by atoms with Gasteiger partial charge in [-0.2, -0.15) is 0 Å². The fourth-order valence-corrected chi connectivity index (χ4v) is 2.30. The maximum Gasteiger partial charge on any atom is 0.137 e. The van der Waals surface area contributed by atoms with Crippen LogP contribution in [0.1, 0.15) is 11.1 Å². The SMILES string of the molecule is Cc1cccc2cc(-c3cc(F)ccc3CN)oc12. The Hall–Kier alpha value is -2.13. The normalized spacial score (nSPS) is 11.1. The molecule has 0 fully saturated rings. The minimum atomic E-state index is -0.288. The highest BCUT2D eigenvalue weighted by atomic mass is 19.1. The molecule has 0 aliphatic rings. The van der Waals surface area contributed by atoms with E-state index in [-0.39, 0.29) is 5.82 Å². The van der Waals surface area contributed by atoms with Crippen LogP contribution in [0.2, 0.25) is 0 Å². The Balaban J connectivity index is 2.24. The first kappa shape index (κ1) is 11.9. The molecule has 19 heavy (non-hydrogen) atoms. The van der Waals surface area contributed by atoms with E-state index in [4.69, 9.17) is 10.2 Å². The van der Waals surface area contributed by atoms with Gasteiger partial charge in [0, 0.05) is 17.5 Å². The Labute approximate surface area is 110 Å². The zero-order valence-electron chi connectivity index (χ0n) is 10.6. The molecular weight excluding hydrogens is 241 g/mol. The molecule has 96 valence electrons. The topological polar surface area (TPSA) is 39.2 Å². The molecule has 1 heterocycles. The van der Waals surface area contributed by atoms with Crippen LogP contribution in [0.4, 0.5) is 4.39 Å². The molecule has 0 radical (unpaired) electrons. The van der Waals surface area contributed by atoms with Crippen molar-refractivity contribution in [2.45, 2.75) is 13.5 Å². The third-order valence-electron chi connectivity index (χ3n) is 3.30. The summed E-state index contributed by atoms with van der Waals surface area (Å²) in [6, 6.07) is 12.5. The van der Waals surface area contributed by atoms with E-state index in [1.165, 1.54) is 12.1 Å². The molecule has 2 nitrogen and oxygen atoms in total. The summed E-state index contributed by atoms with van der Waals surface area (Å²) in [5, 5.41) is 1.02. The molecular formula is C16H14FNO. The van der Waals surface area contributed by atoms with Gasteiger partial charge in [-0.3, -0.25) is 0 Å². The number of aryl methyl sites for hydroxylation is 1. The van der Waals surface area contributed by atoms with E-state index < -0.39 is 0 Å². The van der Waals surface area contributed by atoms with Crippen molar-refractivity contribution < 1.29 is 8.81 Å². The number of benzene rings is 2. The number of rotatable bonds is 2. The maximum absolute atomic E-state index is 13.4. The van der Waals surface area contributed by atoms with Crippen molar-refractivity contribution in [3.05, 3.63) is 59.4 Å². The molecule has 0 spiro atoms. The van der Waals surface area contributed by atoms with Gasteiger partial charge in [-0.15, -0.1) is 0 Å². The molecule has 2 aromatic carbocycles. The lowest BCUT2D eigenvalue weighted by Crippen LogP contribution is -1.98. The van der Waals surface area contributed by atoms with Gasteiger partial charge in [-0.25, -0.2) is 4.39 Å². The van der Waals surface area contributed by atoms with Gasteiger partial charge in [0.05, 0.1) is 0 Å². The van der Waals surface area contributed by atoms with Crippen LogP contribution in [0.3, 0.4) is 0 Å². The molecule has 0 amide bonds. The fraction of sp³-hybridized carbons (Fsp3) is 0.125.